The molecule has 2 amide bonds. The minimum Gasteiger partial charge on any atom is -0.492 e. The zero-order chi connectivity index (χ0) is 36.3. The molecule has 272 valence electrons. The number of benzene rings is 2. The Kier molecular flexibility index (Phi) is 8.71. The fourth-order valence-corrected chi connectivity index (χ4v) is 8.10. The number of aromatic carboxylic acids is 1. The minimum atomic E-state index is -2.74. The van der Waals surface area contributed by atoms with E-state index in [-0.39, 0.29) is 88.8 Å². The van der Waals surface area contributed by atoms with E-state index in [1.54, 1.807) is 41.6 Å². The second-order valence-corrected chi connectivity index (χ2v) is 15.9. The maximum atomic E-state index is 14.0. The lowest BCUT2D eigenvalue weighted by atomic mass is 9.71. The number of quaternary nitrogens is 1. The summed E-state index contributed by atoms with van der Waals surface area (Å²) in [6.45, 7) is 6.34. The Morgan fingerprint density at radius 2 is 1.65 bits per heavy atom. The lowest BCUT2D eigenvalue weighted by molar-refractivity contribution is -0.877. The molecule has 10 nitrogen and oxygen atoms in total. The molecule has 3 atom stereocenters. The van der Waals surface area contributed by atoms with Crippen LogP contribution in [0.5, 0.6) is 11.5 Å². The number of carbonyl (C=O) groups is 3. The molecule has 3 unspecified atom stereocenters. The molecule has 7 rings (SSSR count). The maximum absolute atomic E-state index is 14.0. The summed E-state index contributed by atoms with van der Waals surface area (Å²) in [5.74, 6) is -4.50. The van der Waals surface area contributed by atoms with E-state index in [1.807, 2.05) is 11.9 Å². The molecule has 4 fully saturated rings. The topological polar surface area (TPSA) is 109 Å². The number of hydrogen-bond donors (Lipinski definition) is 1. The summed E-state index contributed by atoms with van der Waals surface area (Å²) < 4.78 is 53.2. The third-order valence-corrected chi connectivity index (χ3v) is 11.4. The number of alkyl halides is 2. The first kappa shape index (κ1) is 35.0. The quantitative estimate of drug-likeness (QED) is 0.316. The molecule has 2 aromatic rings. The van der Waals surface area contributed by atoms with Gasteiger partial charge in [-0.15, -0.1) is 0 Å². The van der Waals surface area contributed by atoms with E-state index >= 15 is 0 Å². The van der Waals surface area contributed by atoms with Gasteiger partial charge in [-0.25, -0.2) is 18.0 Å². The predicted molar refractivity (Wildman–Crippen MR) is 181 cm³/mol. The Balaban J connectivity index is 1.07. The molecule has 1 N–H and O–H groups in total. The van der Waals surface area contributed by atoms with Crippen molar-refractivity contribution in [2.24, 2.45) is 27.8 Å². The summed E-state index contributed by atoms with van der Waals surface area (Å²) in [7, 11) is 1.86. The lowest BCUT2D eigenvalue weighted by Crippen LogP contribution is -2.63. The van der Waals surface area contributed by atoms with Gasteiger partial charge in [-0.05, 0) is 48.9 Å². The van der Waals surface area contributed by atoms with Gasteiger partial charge < -0.3 is 24.4 Å². The number of carbonyl (C=O) groups excluding carboxylic acids is 2. The predicted octanol–water partition coefficient (Wildman–Crippen LogP) is 5.72. The van der Waals surface area contributed by atoms with Crippen molar-refractivity contribution in [2.75, 3.05) is 39.8 Å². The minimum absolute atomic E-state index is 0.0173. The Morgan fingerprint density at radius 3 is 2.29 bits per heavy atom. The first-order valence-corrected chi connectivity index (χ1v) is 17.6. The largest absolute Gasteiger partial charge is 0.492 e. The number of ether oxygens (including phenoxy) is 2. The molecular weight excluding hydrogens is 665 g/mol. The van der Waals surface area contributed by atoms with Crippen LogP contribution in [0.2, 0.25) is 0 Å². The van der Waals surface area contributed by atoms with Crippen LogP contribution in [0, 0.1) is 28.5 Å². The van der Waals surface area contributed by atoms with E-state index in [0.717, 1.165) is 12.0 Å². The van der Waals surface area contributed by atoms with Crippen LogP contribution in [0.3, 0.4) is 0 Å². The summed E-state index contributed by atoms with van der Waals surface area (Å²) >= 11 is 0. The number of carboxylic acids is 1. The van der Waals surface area contributed by atoms with Crippen LogP contribution in [0.15, 0.2) is 59.3 Å². The molecule has 1 spiro atoms. The summed E-state index contributed by atoms with van der Waals surface area (Å²) in [6.07, 6.45) is 3.25. The van der Waals surface area contributed by atoms with Gasteiger partial charge in [0.05, 0.1) is 19.8 Å². The van der Waals surface area contributed by atoms with Crippen LogP contribution >= 0.6 is 0 Å². The Hall–Kier alpha value is -4.39. The lowest BCUT2D eigenvalue weighted by Gasteiger charge is -2.51. The van der Waals surface area contributed by atoms with Gasteiger partial charge in [-0.3, -0.25) is 9.59 Å². The maximum Gasteiger partial charge on any atom is 0.343 e. The van der Waals surface area contributed by atoms with Gasteiger partial charge in [-0.1, -0.05) is 37.1 Å². The standard InChI is InChI=1S/C38H43F3N4O6/c1-36(2)15-29(36)34(47)44-22-37(23-44)21-43(33(46)25-16-42-45(3,19-25)18-24-7-9-27(39)10-8-24)17-26(37)20-50-30-5-4-6-31(32(30)35(48)49)51-28-11-13-38(40,41)14-12-28/h4-10,16,19,26,28-29H,11-15,17-18,20-23H2,1-3H3/p+1. The van der Waals surface area contributed by atoms with Gasteiger partial charge in [-0.2, -0.15) is 4.59 Å². The highest BCUT2D eigenvalue weighted by Crippen LogP contribution is 2.55. The fraction of sp³-hybridized carbons (Fsp3) is 0.526. The van der Waals surface area contributed by atoms with Crippen molar-refractivity contribution >= 4 is 24.0 Å². The number of halogens is 3. The molecule has 2 saturated heterocycles. The van der Waals surface area contributed by atoms with Crippen LogP contribution in [0.4, 0.5) is 13.2 Å². The molecule has 2 aromatic carbocycles. The van der Waals surface area contributed by atoms with Gasteiger partial charge >= 0.3 is 5.97 Å². The zero-order valence-corrected chi connectivity index (χ0v) is 29.1. The van der Waals surface area contributed by atoms with Crippen LogP contribution in [-0.4, -0.2) is 95.4 Å². The third kappa shape index (κ3) is 7.09. The average molecular weight is 710 g/mol. The van der Waals surface area contributed by atoms with Gasteiger partial charge in [0.1, 0.15) is 47.4 Å². The van der Waals surface area contributed by atoms with Gasteiger partial charge in [0.15, 0.2) is 0 Å². The first-order chi connectivity index (χ1) is 24.1. The second kappa shape index (κ2) is 12.7. The van der Waals surface area contributed by atoms with Crippen molar-refractivity contribution in [1.82, 2.24) is 9.80 Å². The number of likely N-dealkylation sites (tertiary alicyclic amines) is 2. The van der Waals surface area contributed by atoms with E-state index in [0.29, 0.717) is 38.3 Å². The van der Waals surface area contributed by atoms with Crippen molar-refractivity contribution in [1.29, 1.82) is 0 Å². The van der Waals surface area contributed by atoms with E-state index in [2.05, 4.69) is 18.9 Å². The molecule has 13 heteroatoms. The molecule has 5 aliphatic rings. The van der Waals surface area contributed by atoms with Crippen LogP contribution in [-0.2, 0) is 16.1 Å². The van der Waals surface area contributed by atoms with Gasteiger partial charge in [0, 0.05) is 61.8 Å². The van der Waals surface area contributed by atoms with Crippen LogP contribution in [0.1, 0.15) is 61.9 Å². The molecule has 51 heavy (non-hydrogen) atoms. The molecule has 2 saturated carbocycles. The molecule has 2 aliphatic carbocycles. The van der Waals surface area contributed by atoms with Gasteiger partial charge in [0.25, 0.3) is 5.91 Å². The molecule has 3 heterocycles. The molecule has 0 radical (unpaired) electrons. The number of hydrogen-bond acceptors (Lipinski definition) is 6. The SMILES string of the molecule is CC1(C)CC1C(=O)N1CC2(CN(C(=O)C3=C[N+](C)(Cc4ccc(F)cc4)N=C3)CC2COc2cccc(OC3CCC(F)(F)CC3)c2C(=O)O)C1. The highest BCUT2D eigenvalue weighted by atomic mass is 19.3. The molecule has 0 bridgehead atoms. The first-order valence-electron chi connectivity index (χ1n) is 17.6. The van der Waals surface area contributed by atoms with Crippen LogP contribution in [0.25, 0.3) is 0 Å². The van der Waals surface area contributed by atoms with E-state index in [4.69, 9.17) is 9.47 Å². The summed E-state index contributed by atoms with van der Waals surface area (Å²) in [5.41, 5.74) is 0.652. The average Bonchev–Trinajstić information content (AvgIpc) is 3.35. The fourth-order valence-electron chi connectivity index (χ4n) is 8.10. The Morgan fingerprint density at radius 1 is 1.00 bits per heavy atom. The van der Waals surface area contributed by atoms with Crippen molar-refractivity contribution in [3.05, 3.63) is 71.2 Å². The molecular formula is C38H44F3N4O6+. The van der Waals surface area contributed by atoms with Crippen molar-refractivity contribution in [3.8, 4) is 11.5 Å². The summed E-state index contributed by atoms with van der Waals surface area (Å²) in [5, 5.41) is 14.8. The van der Waals surface area contributed by atoms with E-state index in [9.17, 15) is 32.7 Å². The van der Waals surface area contributed by atoms with Crippen molar-refractivity contribution in [2.45, 2.75) is 64.5 Å². The van der Waals surface area contributed by atoms with Crippen LogP contribution < -0.4 is 9.47 Å². The van der Waals surface area contributed by atoms with Crippen molar-refractivity contribution < 1.29 is 46.7 Å². The van der Waals surface area contributed by atoms with E-state index in [1.165, 1.54) is 18.2 Å². The number of amides is 2. The number of carboxylic acid groups (broad SMARTS) is 1. The smallest absolute Gasteiger partial charge is 0.343 e. The number of rotatable bonds is 10. The van der Waals surface area contributed by atoms with E-state index < -0.39 is 23.4 Å². The normalized spacial score (nSPS) is 27.2. The van der Waals surface area contributed by atoms with Crippen molar-refractivity contribution in [3.63, 3.8) is 0 Å². The highest BCUT2D eigenvalue weighted by molar-refractivity contribution is 6.12. The summed E-state index contributed by atoms with van der Waals surface area (Å²) in [6, 6.07) is 10.8. The number of nitrogens with zero attached hydrogens (tertiary/aromatic N) is 4. The zero-order valence-electron chi connectivity index (χ0n) is 29.1. The Labute approximate surface area is 295 Å². The van der Waals surface area contributed by atoms with Gasteiger partial charge in [0.2, 0.25) is 11.8 Å². The Bertz CT molecular complexity index is 1780. The molecule has 0 aromatic heterocycles. The third-order valence-electron chi connectivity index (χ3n) is 11.4. The summed E-state index contributed by atoms with van der Waals surface area (Å²) in [4.78, 5) is 43.4. The second-order valence-electron chi connectivity index (χ2n) is 15.9. The monoisotopic (exact) mass is 709 g/mol. The highest BCUT2D eigenvalue weighted by Gasteiger charge is 2.60. The molecule has 3 aliphatic heterocycles.